The zero-order valence-electron chi connectivity index (χ0n) is 67.8. The number of fused-ring (bicyclic) bond motifs is 20. The van der Waals surface area contributed by atoms with E-state index in [2.05, 4.69) is 311 Å². The van der Waals surface area contributed by atoms with E-state index in [4.69, 9.17) is 48.9 Å². The van der Waals surface area contributed by atoms with Crippen LogP contribution in [0.3, 0.4) is 0 Å². The molecule has 0 radical (unpaired) electrons. The number of furan rings is 1. The molecule has 17 heteroatoms. The molecule has 0 saturated heterocycles. The molecule has 0 amide bonds. The number of ether oxygens (including phenoxy) is 1. The standard InChI is InChI=1S/C28H16ClN3O.C24H14BrN.C22H14ClN3.C18H10BrN.C18H15ClN2O/c29-27-26-25(21-11-5-7-13-24(21)33-26)30-28(31-27)17-14-15-20-19-10-4-6-12-22(19)32(23(20)16-17)18-8-2-1-3-9-18;25-16-11-13-17(14-12-16)26-21-10-2-1-7-18(21)23-19-8-3-5-15-6-4-9-20(22(15)19)24(23)26;23-22-24-19(15-9-3-1-4-10-15)21-20(25-22)17-13-7-8-14-18(17)26(21)16-11-5-2-6-12-16;19-11-8-9-17-15(10-11)14-6-3-5-13-12-4-1-2-7-16(12)20(17)18(13)14;1-2-22-15-10-8-14(9-11-15)17-12-16(20-18(19)21-17)13-6-4-3-5-7-13/h1-16H;2*1-14H;1-10H;3-12H,2H2,1H3. The van der Waals surface area contributed by atoms with Crippen LogP contribution in [0.2, 0.25) is 15.7 Å². The van der Waals surface area contributed by atoms with Gasteiger partial charge in [0.1, 0.15) is 22.4 Å². The molecule has 0 spiro atoms. The topological polar surface area (TPSA) is 119 Å². The average Bonchev–Trinajstić information content (AvgIpc) is 1.57. The fourth-order valence-corrected chi connectivity index (χ4v) is 19.3. The summed E-state index contributed by atoms with van der Waals surface area (Å²) in [5.41, 5.74) is 27.4. The van der Waals surface area contributed by atoms with Crippen LogP contribution in [0.15, 0.2) is 402 Å². The van der Waals surface area contributed by atoms with E-state index in [0.29, 0.717) is 23.2 Å². The van der Waals surface area contributed by atoms with Gasteiger partial charge in [-0.05, 0) is 186 Å². The Morgan fingerprint density at radius 2 is 0.835 bits per heavy atom. The van der Waals surface area contributed by atoms with Crippen molar-refractivity contribution in [3.8, 4) is 90.4 Å². The molecule has 0 unspecified atom stereocenters. The fraction of sp³-hybridized carbons (Fsp3) is 0.0182. The first-order valence-corrected chi connectivity index (χ1v) is 44.3. The Kier molecular flexibility index (Phi) is 20.5. The maximum absolute atomic E-state index is 6.54. The number of hydrogen-bond donors (Lipinski definition) is 0. The van der Waals surface area contributed by atoms with E-state index in [1.54, 1.807) is 0 Å². The van der Waals surface area contributed by atoms with Crippen molar-refractivity contribution in [2.24, 2.45) is 0 Å². The maximum Gasteiger partial charge on any atom is 0.223 e. The van der Waals surface area contributed by atoms with E-state index in [9.17, 15) is 0 Å². The molecule has 12 nitrogen and oxygen atoms in total. The number of hydrogen-bond acceptors (Lipinski definition) is 8. The molecule has 606 valence electrons. The van der Waals surface area contributed by atoms with Gasteiger partial charge in [0.05, 0.1) is 73.5 Å². The molecule has 26 rings (SSSR count). The second-order valence-electron chi connectivity index (χ2n) is 30.8. The van der Waals surface area contributed by atoms with Crippen molar-refractivity contribution < 1.29 is 9.15 Å². The molecule has 0 N–H and O–H groups in total. The smallest absolute Gasteiger partial charge is 0.223 e. The fourth-order valence-electron chi connectivity index (χ4n) is 18.1. The third-order valence-electron chi connectivity index (χ3n) is 23.5. The molecule has 1 aliphatic carbocycles. The summed E-state index contributed by atoms with van der Waals surface area (Å²) < 4.78 is 22.9. The summed E-state index contributed by atoms with van der Waals surface area (Å²) in [5, 5.41) is 14.5. The van der Waals surface area contributed by atoms with Gasteiger partial charge in [0.2, 0.25) is 10.6 Å². The number of benzene rings is 16. The van der Waals surface area contributed by atoms with Gasteiger partial charge in [-0.2, -0.15) is 0 Å². The zero-order chi connectivity index (χ0) is 85.3. The van der Waals surface area contributed by atoms with E-state index in [1.807, 2.05) is 159 Å². The summed E-state index contributed by atoms with van der Waals surface area (Å²) >= 11 is 26.1. The highest BCUT2D eigenvalue weighted by atomic mass is 79.9. The van der Waals surface area contributed by atoms with Gasteiger partial charge < -0.3 is 27.3 Å². The Morgan fingerprint density at radius 3 is 1.52 bits per heavy atom. The molecular weight excluding hydrogens is 1760 g/mol. The van der Waals surface area contributed by atoms with Gasteiger partial charge in [0.25, 0.3) is 0 Å². The van der Waals surface area contributed by atoms with Crippen LogP contribution in [0.5, 0.6) is 5.75 Å². The van der Waals surface area contributed by atoms with Gasteiger partial charge in [-0.3, -0.25) is 0 Å². The highest BCUT2D eigenvalue weighted by Crippen LogP contribution is 2.53. The lowest BCUT2D eigenvalue weighted by Gasteiger charge is -2.11. The predicted molar refractivity (Wildman–Crippen MR) is 532 cm³/mol. The van der Waals surface area contributed by atoms with Crippen molar-refractivity contribution in [2.75, 3.05) is 6.61 Å². The molecule has 16 aromatic carbocycles. The molecule has 0 aliphatic heterocycles. The molecule has 0 atom stereocenters. The minimum atomic E-state index is 0.241. The lowest BCUT2D eigenvalue weighted by Crippen LogP contribution is -1.98. The molecule has 25 aromatic rings. The van der Waals surface area contributed by atoms with Crippen LogP contribution in [0, 0.1) is 0 Å². The quantitative estimate of drug-likeness (QED) is 0.104. The summed E-state index contributed by atoms with van der Waals surface area (Å²) in [7, 11) is 0. The molecule has 0 saturated carbocycles. The van der Waals surface area contributed by atoms with Gasteiger partial charge in [-0.25, -0.2) is 29.9 Å². The van der Waals surface area contributed by atoms with Gasteiger partial charge in [-0.15, -0.1) is 0 Å². The molecular formula is C110H69Br2Cl3N10O2. The normalized spacial score (nSPS) is 11.6. The lowest BCUT2D eigenvalue weighted by molar-refractivity contribution is 0.340. The van der Waals surface area contributed by atoms with Crippen molar-refractivity contribution in [1.82, 2.24) is 48.0 Å². The van der Waals surface area contributed by atoms with Crippen molar-refractivity contribution in [3.63, 3.8) is 0 Å². The largest absolute Gasteiger partial charge is 0.494 e. The van der Waals surface area contributed by atoms with E-state index in [1.165, 1.54) is 98.6 Å². The minimum absolute atomic E-state index is 0.241. The van der Waals surface area contributed by atoms with Crippen LogP contribution in [-0.2, 0) is 0 Å². The summed E-state index contributed by atoms with van der Waals surface area (Å²) in [5.74, 6) is 1.42. The molecule has 9 aromatic heterocycles. The van der Waals surface area contributed by atoms with Gasteiger partial charge in [-0.1, -0.05) is 292 Å². The Bertz CT molecular complexity index is 8530. The molecule has 127 heavy (non-hydrogen) atoms. The third-order valence-corrected chi connectivity index (χ3v) is 25.1. The van der Waals surface area contributed by atoms with Crippen LogP contribution < -0.4 is 4.74 Å². The number of nitrogens with zero attached hydrogens (tertiary/aromatic N) is 10. The van der Waals surface area contributed by atoms with E-state index >= 15 is 0 Å². The van der Waals surface area contributed by atoms with Gasteiger partial charge in [0.15, 0.2) is 16.6 Å². The van der Waals surface area contributed by atoms with Crippen LogP contribution in [0.25, 0.3) is 210 Å². The maximum atomic E-state index is 6.54. The SMILES string of the molecule is Brc1ccc(-n2c3c(c4ccccc42)-c2cccc4cccc-3c24)cc1.Brc1ccc2c(c1)c1cccc3c4ccccc4n2c31.CCOc1ccc(-c2cc(-c3ccccc3)nc(Cl)n2)cc1.Clc1nc(-c2ccc3c4ccccc4n(-c4ccccc4)c3c2)nc2c1oc1ccccc12.Clc1nc(-c2ccccc2)c2c(n1)c1ccccc1n2-c1ccccc1. The Morgan fingerprint density at radius 1 is 0.331 bits per heavy atom. The van der Waals surface area contributed by atoms with Crippen LogP contribution in [0.4, 0.5) is 0 Å². The highest BCUT2D eigenvalue weighted by molar-refractivity contribution is 9.10. The van der Waals surface area contributed by atoms with E-state index < -0.39 is 0 Å². The third kappa shape index (κ3) is 14.1. The van der Waals surface area contributed by atoms with Crippen molar-refractivity contribution >= 4 is 192 Å². The first-order valence-electron chi connectivity index (χ1n) is 41.6. The van der Waals surface area contributed by atoms with Crippen molar-refractivity contribution in [2.45, 2.75) is 6.92 Å². The zero-order valence-corrected chi connectivity index (χ0v) is 73.3. The lowest BCUT2D eigenvalue weighted by atomic mass is 10.0. The Labute approximate surface area is 760 Å². The second-order valence-corrected chi connectivity index (χ2v) is 33.7. The predicted octanol–water partition coefficient (Wildman–Crippen LogP) is 31.3. The molecule has 0 fully saturated rings. The van der Waals surface area contributed by atoms with Crippen LogP contribution >= 0.6 is 66.7 Å². The highest BCUT2D eigenvalue weighted by Gasteiger charge is 2.30. The summed E-state index contributed by atoms with van der Waals surface area (Å²) in [6, 6.07) is 134. The van der Waals surface area contributed by atoms with E-state index in [0.717, 1.165) is 115 Å². The molecule has 0 bridgehead atoms. The molecule has 1 aliphatic rings. The first-order chi connectivity index (χ1) is 62.5. The van der Waals surface area contributed by atoms with Crippen molar-refractivity contribution in [1.29, 1.82) is 0 Å². The Hall–Kier alpha value is -14.6. The second kappa shape index (κ2) is 33.1. The van der Waals surface area contributed by atoms with Gasteiger partial charge in [0, 0.05) is 108 Å². The first kappa shape index (κ1) is 78.4. The minimum Gasteiger partial charge on any atom is -0.494 e. The van der Waals surface area contributed by atoms with Gasteiger partial charge >= 0.3 is 0 Å². The number of halogens is 5. The van der Waals surface area contributed by atoms with Crippen LogP contribution in [-0.4, -0.2) is 54.6 Å². The summed E-state index contributed by atoms with van der Waals surface area (Å²) in [6.45, 7) is 2.61. The van der Waals surface area contributed by atoms with Crippen LogP contribution in [0.1, 0.15) is 6.92 Å². The number of para-hydroxylation sites is 8. The number of aromatic nitrogens is 10. The summed E-state index contributed by atoms with van der Waals surface area (Å²) in [6.07, 6.45) is 0. The number of rotatable bonds is 9. The Balaban J connectivity index is 0.0000000947. The monoisotopic (exact) mass is 1820 g/mol. The molecule has 9 heterocycles. The van der Waals surface area contributed by atoms with E-state index in [-0.39, 0.29) is 10.6 Å². The van der Waals surface area contributed by atoms with Crippen molar-refractivity contribution in [3.05, 3.63) is 413 Å². The average molecular weight is 1830 g/mol. The summed E-state index contributed by atoms with van der Waals surface area (Å²) in [4.78, 5) is 27.2.